The zero-order chi connectivity index (χ0) is 10.8. The molecule has 86 valence electrons. The van der Waals surface area contributed by atoms with Crippen LogP contribution in [0.1, 0.15) is 25.7 Å². The Morgan fingerprint density at radius 1 is 0.938 bits per heavy atom. The molecule has 1 aromatic carbocycles. The molecule has 16 heavy (non-hydrogen) atoms. The van der Waals surface area contributed by atoms with E-state index in [1.807, 2.05) is 0 Å². The van der Waals surface area contributed by atoms with Gasteiger partial charge in [-0.05, 0) is 37.8 Å². The largest absolute Gasteiger partial charge is 0.382 e. The second-order valence-corrected chi connectivity index (χ2v) is 5.05. The van der Waals surface area contributed by atoms with E-state index in [1.54, 1.807) is 0 Å². The molecule has 1 heterocycles. The Bertz CT molecular complexity index is 324. The second-order valence-electron chi connectivity index (χ2n) is 5.05. The molecule has 3 rings (SSSR count). The zero-order valence-corrected chi connectivity index (χ0v) is 9.73. The fourth-order valence-corrected chi connectivity index (χ4v) is 2.62. The summed E-state index contributed by atoms with van der Waals surface area (Å²) in [7, 11) is 0. The fraction of sp³-hybridized carbons (Fsp3) is 0.571. The molecule has 0 atom stereocenters. The van der Waals surface area contributed by atoms with E-state index in [4.69, 9.17) is 0 Å². The van der Waals surface area contributed by atoms with Crippen LogP contribution in [0.5, 0.6) is 0 Å². The maximum Gasteiger partial charge on any atom is 0.0342 e. The highest BCUT2D eigenvalue weighted by Crippen LogP contribution is 2.29. The molecular formula is C14H20N2. The normalized spacial score (nSPS) is 23.2. The molecule has 2 nitrogen and oxygen atoms in total. The first-order valence-electron chi connectivity index (χ1n) is 6.47. The summed E-state index contributed by atoms with van der Waals surface area (Å²) < 4.78 is 0. The van der Waals surface area contributed by atoms with E-state index in [9.17, 15) is 0 Å². The second kappa shape index (κ2) is 4.46. The lowest BCUT2D eigenvalue weighted by molar-refractivity contribution is 0.210. The van der Waals surface area contributed by atoms with E-state index in [0.29, 0.717) is 6.04 Å². The van der Waals surface area contributed by atoms with Crippen LogP contribution >= 0.6 is 0 Å². The highest BCUT2D eigenvalue weighted by atomic mass is 15.2. The minimum Gasteiger partial charge on any atom is -0.382 e. The monoisotopic (exact) mass is 216 g/mol. The van der Waals surface area contributed by atoms with Crippen LogP contribution in [0.25, 0.3) is 0 Å². The van der Waals surface area contributed by atoms with Gasteiger partial charge < -0.3 is 10.2 Å². The topological polar surface area (TPSA) is 15.3 Å². The molecular weight excluding hydrogens is 196 g/mol. The first kappa shape index (κ1) is 10.2. The molecule has 2 aliphatic rings. The van der Waals surface area contributed by atoms with Crippen LogP contribution in [0, 0.1) is 0 Å². The van der Waals surface area contributed by atoms with E-state index in [1.165, 1.54) is 44.5 Å². The van der Waals surface area contributed by atoms with Crippen molar-refractivity contribution in [2.45, 2.75) is 37.8 Å². The minimum atomic E-state index is 0.678. The van der Waals surface area contributed by atoms with Crippen molar-refractivity contribution in [3.8, 4) is 0 Å². The Morgan fingerprint density at radius 2 is 1.62 bits per heavy atom. The van der Waals surface area contributed by atoms with Crippen LogP contribution in [0.15, 0.2) is 30.3 Å². The average Bonchev–Trinajstić information content (AvgIpc) is 3.15. The van der Waals surface area contributed by atoms with E-state index in [2.05, 4.69) is 40.5 Å². The minimum absolute atomic E-state index is 0.678. The van der Waals surface area contributed by atoms with E-state index >= 15 is 0 Å². The van der Waals surface area contributed by atoms with Crippen LogP contribution in [0.3, 0.4) is 0 Å². The van der Waals surface area contributed by atoms with Gasteiger partial charge in [0, 0.05) is 30.9 Å². The molecule has 1 saturated heterocycles. The van der Waals surface area contributed by atoms with E-state index < -0.39 is 0 Å². The SMILES string of the molecule is c1ccc(NC2CCN(C3CC3)CC2)cc1. The van der Waals surface area contributed by atoms with Crippen molar-refractivity contribution in [1.82, 2.24) is 4.90 Å². The first-order chi connectivity index (χ1) is 7.92. The Labute approximate surface area is 97.6 Å². The van der Waals surface area contributed by atoms with E-state index in [-0.39, 0.29) is 0 Å². The van der Waals surface area contributed by atoms with Gasteiger partial charge in [0.15, 0.2) is 0 Å². The summed E-state index contributed by atoms with van der Waals surface area (Å²) in [4.78, 5) is 2.67. The van der Waals surface area contributed by atoms with Crippen LogP contribution < -0.4 is 5.32 Å². The Morgan fingerprint density at radius 3 is 2.25 bits per heavy atom. The maximum atomic E-state index is 3.63. The van der Waals surface area contributed by atoms with Gasteiger partial charge in [-0.3, -0.25) is 0 Å². The molecule has 1 N–H and O–H groups in total. The number of anilines is 1. The molecule has 0 unspecified atom stereocenters. The van der Waals surface area contributed by atoms with Crippen LogP contribution in [-0.2, 0) is 0 Å². The summed E-state index contributed by atoms with van der Waals surface area (Å²) >= 11 is 0. The van der Waals surface area contributed by atoms with Crippen molar-refractivity contribution >= 4 is 5.69 Å². The smallest absolute Gasteiger partial charge is 0.0342 e. The van der Waals surface area contributed by atoms with Gasteiger partial charge in [0.2, 0.25) is 0 Å². The lowest BCUT2D eigenvalue weighted by atomic mass is 10.0. The summed E-state index contributed by atoms with van der Waals surface area (Å²) in [6.07, 6.45) is 5.48. The number of likely N-dealkylation sites (tertiary alicyclic amines) is 1. The number of nitrogens with one attached hydrogen (secondary N) is 1. The fourth-order valence-electron chi connectivity index (χ4n) is 2.62. The lowest BCUT2D eigenvalue weighted by Gasteiger charge is -2.32. The number of nitrogens with zero attached hydrogens (tertiary/aromatic N) is 1. The number of hydrogen-bond donors (Lipinski definition) is 1. The summed E-state index contributed by atoms with van der Waals surface area (Å²) in [6.45, 7) is 2.57. The van der Waals surface area contributed by atoms with Crippen LogP contribution in [-0.4, -0.2) is 30.1 Å². The number of piperidine rings is 1. The van der Waals surface area contributed by atoms with Crippen molar-refractivity contribution in [2.75, 3.05) is 18.4 Å². The number of hydrogen-bond acceptors (Lipinski definition) is 2. The molecule has 0 aromatic heterocycles. The van der Waals surface area contributed by atoms with Gasteiger partial charge in [0.25, 0.3) is 0 Å². The van der Waals surface area contributed by atoms with Gasteiger partial charge in [-0.1, -0.05) is 18.2 Å². The Balaban J connectivity index is 1.50. The van der Waals surface area contributed by atoms with Crippen LogP contribution in [0.2, 0.25) is 0 Å². The molecule has 0 spiro atoms. The molecule has 2 heteroatoms. The van der Waals surface area contributed by atoms with Gasteiger partial charge in [0.1, 0.15) is 0 Å². The van der Waals surface area contributed by atoms with Crippen molar-refractivity contribution < 1.29 is 0 Å². The van der Waals surface area contributed by atoms with Crippen LogP contribution in [0.4, 0.5) is 5.69 Å². The number of benzene rings is 1. The quantitative estimate of drug-likeness (QED) is 0.835. The molecule has 1 aliphatic carbocycles. The van der Waals surface area contributed by atoms with E-state index in [0.717, 1.165) is 6.04 Å². The number of para-hydroxylation sites is 1. The predicted molar refractivity (Wildman–Crippen MR) is 67.7 cm³/mol. The summed E-state index contributed by atoms with van der Waals surface area (Å²) in [5.74, 6) is 0. The molecule has 0 bridgehead atoms. The predicted octanol–water partition coefficient (Wildman–Crippen LogP) is 2.73. The third-order valence-corrected chi connectivity index (χ3v) is 3.74. The standard InChI is InChI=1S/C14H20N2/c1-2-4-12(5-3-1)15-13-8-10-16(11-9-13)14-6-7-14/h1-5,13-15H,6-11H2. The van der Waals surface area contributed by atoms with Gasteiger partial charge in [-0.15, -0.1) is 0 Å². The zero-order valence-electron chi connectivity index (χ0n) is 9.73. The van der Waals surface area contributed by atoms with Gasteiger partial charge >= 0.3 is 0 Å². The maximum absolute atomic E-state index is 3.63. The van der Waals surface area contributed by atoms with Gasteiger partial charge in [-0.2, -0.15) is 0 Å². The molecule has 2 fully saturated rings. The summed E-state index contributed by atoms with van der Waals surface area (Å²) in [5, 5.41) is 3.63. The molecule has 1 aromatic rings. The number of rotatable bonds is 3. The third kappa shape index (κ3) is 2.38. The van der Waals surface area contributed by atoms with Crippen molar-refractivity contribution in [3.05, 3.63) is 30.3 Å². The molecule has 1 saturated carbocycles. The van der Waals surface area contributed by atoms with Gasteiger partial charge in [0.05, 0.1) is 0 Å². The molecule has 0 radical (unpaired) electrons. The van der Waals surface area contributed by atoms with Crippen molar-refractivity contribution in [3.63, 3.8) is 0 Å². The Kier molecular flexibility index (Phi) is 2.83. The highest BCUT2D eigenvalue weighted by Gasteiger charge is 2.31. The van der Waals surface area contributed by atoms with Gasteiger partial charge in [-0.25, -0.2) is 0 Å². The first-order valence-corrected chi connectivity index (χ1v) is 6.47. The summed E-state index contributed by atoms with van der Waals surface area (Å²) in [5.41, 5.74) is 1.27. The Hall–Kier alpha value is -1.02. The lowest BCUT2D eigenvalue weighted by Crippen LogP contribution is -2.40. The molecule has 0 amide bonds. The molecule has 1 aliphatic heterocycles. The van der Waals surface area contributed by atoms with Crippen molar-refractivity contribution in [1.29, 1.82) is 0 Å². The van der Waals surface area contributed by atoms with Crippen molar-refractivity contribution in [2.24, 2.45) is 0 Å². The average molecular weight is 216 g/mol. The summed E-state index contributed by atoms with van der Waals surface area (Å²) in [6, 6.07) is 12.2. The highest BCUT2D eigenvalue weighted by molar-refractivity contribution is 5.43. The third-order valence-electron chi connectivity index (χ3n) is 3.74.